The number of rotatable bonds is 5. The number of aryl methyl sites for hydroxylation is 1. The van der Waals surface area contributed by atoms with Crippen molar-refractivity contribution in [3.63, 3.8) is 0 Å². The second-order valence-electron chi connectivity index (χ2n) is 4.61. The van der Waals surface area contributed by atoms with Crippen LogP contribution in [0.5, 0.6) is 5.75 Å². The molecule has 0 aliphatic heterocycles. The number of ether oxygens (including phenoxy) is 1. The molecular formula is C15H15BrN2O3. The van der Waals surface area contributed by atoms with Gasteiger partial charge in [0.05, 0.1) is 12.0 Å². The molecule has 2 rings (SSSR count). The van der Waals surface area contributed by atoms with Crippen LogP contribution < -0.4 is 10.1 Å². The first kappa shape index (κ1) is 15.3. The molecule has 0 saturated heterocycles. The van der Waals surface area contributed by atoms with Crippen molar-refractivity contribution in [1.29, 1.82) is 0 Å². The number of nitrogens with zero attached hydrogens (tertiary/aromatic N) is 1. The zero-order valence-corrected chi connectivity index (χ0v) is 13.3. The zero-order valence-electron chi connectivity index (χ0n) is 11.7. The predicted octanol–water partition coefficient (Wildman–Crippen LogP) is 4.29. The number of halogens is 1. The molecule has 5 nitrogen and oxygen atoms in total. The molecule has 0 atom stereocenters. The normalized spacial score (nSPS) is 10.2. The van der Waals surface area contributed by atoms with E-state index in [1.807, 2.05) is 24.3 Å². The maximum absolute atomic E-state index is 10.9. The monoisotopic (exact) mass is 350 g/mol. The summed E-state index contributed by atoms with van der Waals surface area (Å²) in [5, 5.41) is 14.2. The van der Waals surface area contributed by atoms with E-state index in [1.54, 1.807) is 26.2 Å². The summed E-state index contributed by atoms with van der Waals surface area (Å²) in [6.45, 7) is 2.23. The molecule has 0 aliphatic rings. The zero-order chi connectivity index (χ0) is 15.4. The van der Waals surface area contributed by atoms with Gasteiger partial charge >= 0.3 is 0 Å². The van der Waals surface area contributed by atoms with Crippen molar-refractivity contribution in [3.05, 3.63) is 62.1 Å². The van der Waals surface area contributed by atoms with Crippen LogP contribution in [0.1, 0.15) is 11.1 Å². The summed E-state index contributed by atoms with van der Waals surface area (Å²) in [6.07, 6.45) is 0. The lowest BCUT2D eigenvalue weighted by molar-refractivity contribution is -0.385. The molecule has 0 heterocycles. The first-order chi connectivity index (χ1) is 9.99. The van der Waals surface area contributed by atoms with Crippen LogP contribution in [0.2, 0.25) is 0 Å². The smallest absolute Gasteiger partial charge is 0.272 e. The molecule has 0 fully saturated rings. The van der Waals surface area contributed by atoms with E-state index < -0.39 is 0 Å². The first-order valence-corrected chi connectivity index (χ1v) is 7.11. The third kappa shape index (κ3) is 3.95. The van der Waals surface area contributed by atoms with Gasteiger partial charge in [-0.3, -0.25) is 10.1 Å². The Kier molecular flexibility index (Phi) is 4.80. The molecule has 6 heteroatoms. The van der Waals surface area contributed by atoms with E-state index >= 15 is 0 Å². The predicted molar refractivity (Wildman–Crippen MR) is 85.9 cm³/mol. The fourth-order valence-corrected chi connectivity index (χ4v) is 2.42. The summed E-state index contributed by atoms with van der Waals surface area (Å²) in [4.78, 5) is 10.6. The molecule has 0 spiro atoms. The molecule has 0 radical (unpaired) electrons. The number of nitro benzene ring substituents is 1. The van der Waals surface area contributed by atoms with E-state index in [2.05, 4.69) is 21.2 Å². The highest BCUT2D eigenvalue weighted by molar-refractivity contribution is 9.10. The lowest BCUT2D eigenvalue weighted by atomic mass is 10.1. The van der Waals surface area contributed by atoms with Crippen LogP contribution in [-0.2, 0) is 6.54 Å². The van der Waals surface area contributed by atoms with E-state index in [1.165, 1.54) is 0 Å². The number of methoxy groups -OCH3 is 1. The number of benzene rings is 2. The Hall–Kier alpha value is -2.08. The summed E-state index contributed by atoms with van der Waals surface area (Å²) in [6, 6.07) is 10.9. The van der Waals surface area contributed by atoms with Gasteiger partial charge in [-0.1, -0.05) is 28.1 Å². The fourth-order valence-electron chi connectivity index (χ4n) is 1.95. The Morgan fingerprint density at radius 2 is 2.05 bits per heavy atom. The van der Waals surface area contributed by atoms with E-state index in [0.717, 1.165) is 21.5 Å². The maximum Gasteiger partial charge on any atom is 0.272 e. The number of hydrogen-bond donors (Lipinski definition) is 1. The van der Waals surface area contributed by atoms with Crippen molar-refractivity contribution < 1.29 is 9.66 Å². The second-order valence-corrected chi connectivity index (χ2v) is 5.53. The summed E-state index contributed by atoms with van der Waals surface area (Å²) in [5.41, 5.74) is 2.53. The van der Waals surface area contributed by atoms with Gasteiger partial charge in [0.25, 0.3) is 5.69 Å². The quantitative estimate of drug-likeness (QED) is 0.645. The number of hydrogen-bond acceptors (Lipinski definition) is 4. The third-order valence-electron chi connectivity index (χ3n) is 3.07. The topological polar surface area (TPSA) is 64.4 Å². The standard InChI is InChI=1S/C15H15BrN2O3/c1-10-3-4-11(5-15(10)18(19)20)9-17-13-6-12(16)7-14(8-13)21-2/h3-8,17H,9H2,1-2H3. The average molecular weight is 351 g/mol. The van der Waals surface area contributed by atoms with E-state index in [-0.39, 0.29) is 10.6 Å². The Labute approximate surface area is 131 Å². The molecule has 2 aromatic rings. The van der Waals surface area contributed by atoms with Gasteiger partial charge in [-0.25, -0.2) is 0 Å². The minimum Gasteiger partial charge on any atom is -0.497 e. The Morgan fingerprint density at radius 1 is 1.29 bits per heavy atom. The van der Waals surface area contributed by atoms with Gasteiger partial charge in [0.15, 0.2) is 0 Å². The molecule has 0 amide bonds. The molecule has 0 saturated carbocycles. The average Bonchev–Trinajstić information content (AvgIpc) is 2.45. The summed E-state index contributed by atoms with van der Waals surface area (Å²) in [7, 11) is 1.61. The van der Waals surface area contributed by atoms with Crippen LogP contribution in [0.25, 0.3) is 0 Å². The molecule has 1 N–H and O–H groups in total. The third-order valence-corrected chi connectivity index (χ3v) is 3.53. The lowest BCUT2D eigenvalue weighted by Crippen LogP contribution is -2.01. The molecule has 0 aromatic heterocycles. The van der Waals surface area contributed by atoms with Crippen molar-refractivity contribution >= 4 is 27.3 Å². The minimum atomic E-state index is -0.360. The Bertz CT molecular complexity index is 674. The second kappa shape index (κ2) is 6.58. The highest BCUT2D eigenvalue weighted by Gasteiger charge is 2.10. The Morgan fingerprint density at radius 3 is 2.71 bits per heavy atom. The van der Waals surface area contributed by atoms with Crippen LogP contribution in [0.15, 0.2) is 40.9 Å². The molecule has 0 bridgehead atoms. The van der Waals surface area contributed by atoms with Crippen LogP contribution >= 0.6 is 15.9 Å². The van der Waals surface area contributed by atoms with Gasteiger partial charge in [-0.2, -0.15) is 0 Å². The van der Waals surface area contributed by atoms with E-state index in [4.69, 9.17) is 4.74 Å². The van der Waals surface area contributed by atoms with Crippen LogP contribution in [0, 0.1) is 17.0 Å². The number of anilines is 1. The maximum atomic E-state index is 10.9. The van der Waals surface area contributed by atoms with Crippen molar-refractivity contribution in [3.8, 4) is 5.75 Å². The van der Waals surface area contributed by atoms with Crippen molar-refractivity contribution in [2.45, 2.75) is 13.5 Å². The van der Waals surface area contributed by atoms with Gasteiger partial charge < -0.3 is 10.1 Å². The fraction of sp³-hybridized carbons (Fsp3) is 0.200. The highest BCUT2D eigenvalue weighted by atomic mass is 79.9. The van der Waals surface area contributed by atoms with Gasteiger partial charge in [0.2, 0.25) is 0 Å². The molecule has 21 heavy (non-hydrogen) atoms. The van der Waals surface area contributed by atoms with Gasteiger partial charge in [-0.15, -0.1) is 0 Å². The molecule has 0 aliphatic carbocycles. The summed E-state index contributed by atoms with van der Waals surface area (Å²) in [5.74, 6) is 0.738. The largest absolute Gasteiger partial charge is 0.497 e. The molecule has 2 aromatic carbocycles. The van der Waals surface area contributed by atoms with Gasteiger partial charge in [0.1, 0.15) is 5.75 Å². The lowest BCUT2D eigenvalue weighted by Gasteiger charge is -2.09. The Balaban J connectivity index is 2.15. The van der Waals surface area contributed by atoms with Gasteiger partial charge in [-0.05, 0) is 24.6 Å². The molecule has 0 unspecified atom stereocenters. The first-order valence-electron chi connectivity index (χ1n) is 6.32. The number of nitrogens with one attached hydrogen (secondary N) is 1. The van der Waals surface area contributed by atoms with Crippen LogP contribution in [0.3, 0.4) is 0 Å². The minimum absolute atomic E-state index is 0.140. The van der Waals surface area contributed by atoms with E-state index in [0.29, 0.717) is 12.1 Å². The van der Waals surface area contributed by atoms with Crippen LogP contribution in [0.4, 0.5) is 11.4 Å². The highest BCUT2D eigenvalue weighted by Crippen LogP contribution is 2.25. The van der Waals surface area contributed by atoms with Gasteiger partial charge in [0, 0.05) is 34.4 Å². The van der Waals surface area contributed by atoms with Crippen molar-refractivity contribution in [2.75, 3.05) is 12.4 Å². The molecule has 110 valence electrons. The number of nitro groups is 1. The summed E-state index contributed by atoms with van der Waals surface area (Å²) < 4.78 is 6.10. The van der Waals surface area contributed by atoms with E-state index in [9.17, 15) is 10.1 Å². The van der Waals surface area contributed by atoms with Crippen LogP contribution in [-0.4, -0.2) is 12.0 Å². The SMILES string of the molecule is COc1cc(Br)cc(NCc2ccc(C)c([N+](=O)[O-])c2)c1. The van der Waals surface area contributed by atoms with Crippen molar-refractivity contribution in [2.24, 2.45) is 0 Å². The summed E-state index contributed by atoms with van der Waals surface area (Å²) >= 11 is 3.41. The van der Waals surface area contributed by atoms with Crippen molar-refractivity contribution in [1.82, 2.24) is 0 Å². The molecular weight excluding hydrogens is 336 g/mol.